The van der Waals surface area contributed by atoms with Crippen LogP contribution in [0.1, 0.15) is 26.5 Å². The highest BCUT2D eigenvalue weighted by Crippen LogP contribution is 2.24. The summed E-state index contributed by atoms with van der Waals surface area (Å²) in [5.41, 5.74) is 0.828. The van der Waals surface area contributed by atoms with Crippen LogP contribution in [0.3, 0.4) is 0 Å². The third-order valence-electron chi connectivity index (χ3n) is 2.82. The van der Waals surface area contributed by atoms with Crippen LogP contribution in [-0.4, -0.2) is 27.0 Å². The molecule has 2 rings (SSSR count). The average Bonchev–Trinajstić information content (AvgIpc) is 2.86. The Kier molecular flexibility index (Phi) is 4.56. The molecule has 2 heterocycles. The van der Waals surface area contributed by atoms with E-state index in [0.29, 0.717) is 16.5 Å². The lowest BCUT2D eigenvalue weighted by molar-refractivity contribution is -0.136. The predicted octanol–water partition coefficient (Wildman–Crippen LogP) is 2.82. The number of rotatable bonds is 4. The summed E-state index contributed by atoms with van der Waals surface area (Å²) in [5.74, 6) is -0.535. The molecule has 116 valence electrons. The molecular formula is C15H17N3O3S. The van der Waals surface area contributed by atoms with Crippen molar-refractivity contribution in [3.05, 3.63) is 29.4 Å². The van der Waals surface area contributed by atoms with E-state index in [-0.39, 0.29) is 12.3 Å². The highest BCUT2D eigenvalue weighted by atomic mass is 32.1. The maximum Gasteiger partial charge on any atom is 0.309 e. The molecule has 0 atom stereocenters. The molecule has 2 aromatic heterocycles. The van der Waals surface area contributed by atoms with E-state index in [1.165, 1.54) is 11.3 Å². The van der Waals surface area contributed by atoms with Crippen LogP contribution < -0.4 is 5.32 Å². The second-order valence-corrected chi connectivity index (χ2v) is 6.71. The van der Waals surface area contributed by atoms with Crippen LogP contribution in [0.15, 0.2) is 23.7 Å². The molecule has 0 saturated carbocycles. The summed E-state index contributed by atoms with van der Waals surface area (Å²) in [5, 5.41) is 13.9. The summed E-state index contributed by atoms with van der Waals surface area (Å²) < 4.78 is 0. The van der Waals surface area contributed by atoms with Gasteiger partial charge in [-0.3, -0.25) is 9.59 Å². The number of carbonyl (C=O) groups excluding carboxylic acids is 1. The number of carboxylic acids is 1. The number of carboxylic acid groups (broad SMARTS) is 1. The van der Waals surface area contributed by atoms with Gasteiger partial charge in [0, 0.05) is 22.6 Å². The number of amides is 1. The van der Waals surface area contributed by atoms with Crippen LogP contribution in [0.5, 0.6) is 0 Å². The zero-order valence-electron chi connectivity index (χ0n) is 12.6. The molecule has 0 aromatic carbocycles. The minimum absolute atomic E-state index is 0.0936. The quantitative estimate of drug-likeness (QED) is 0.904. The number of hydrogen-bond acceptors (Lipinski definition) is 5. The zero-order valence-corrected chi connectivity index (χ0v) is 13.4. The normalized spacial score (nSPS) is 11.2. The number of pyridine rings is 1. The Labute approximate surface area is 132 Å². The number of nitrogens with zero attached hydrogens (tertiary/aromatic N) is 2. The van der Waals surface area contributed by atoms with Crippen molar-refractivity contribution in [2.45, 2.75) is 27.2 Å². The molecule has 0 radical (unpaired) electrons. The Morgan fingerprint density at radius 3 is 2.59 bits per heavy atom. The van der Waals surface area contributed by atoms with E-state index in [1.54, 1.807) is 23.7 Å². The fourth-order valence-corrected chi connectivity index (χ4v) is 2.38. The largest absolute Gasteiger partial charge is 0.481 e. The molecule has 2 aromatic rings. The average molecular weight is 319 g/mol. The number of hydrogen-bond donors (Lipinski definition) is 2. The summed E-state index contributed by atoms with van der Waals surface area (Å²) in [6.07, 6.45) is 1.52. The zero-order chi connectivity index (χ0) is 16.3. The van der Waals surface area contributed by atoms with Gasteiger partial charge in [0.2, 0.25) is 5.91 Å². The fraction of sp³-hybridized carbons (Fsp3) is 0.333. The summed E-state index contributed by atoms with van der Waals surface area (Å²) in [6.45, 7) is 5.49. The van der Waals surface area contributed by atoms with Gasteiger partial charge in [0.1, 0.15) is 10.8 Å². The molecule has 0 aliphatic heterocycles. The van der Waals surface area contributed by atoms with Gasteiger partial charge in [-0.25, -0.2) is 9.97 Å². The van der Waals surface area contributed by atoms with E-state index in [2.05, 4.69) is 15.3 Å². The number of thiazole rings is 1. The predicted molar refractivity (Wildman–Crippen MR) is 84.8 cm³/mol. The topological polar surface area (TPSA) is 92.2 Å². The Bertz CT molecular complexity index is 687. The molecule has 22 heavy (non-hydrogen) atoms. The van der Waals surface area contributed by atoms with Gasteiger partial charge in [0.05, 0.1) is 12.1 Å². The molecule has 6 nitrogen and oxygen atoms in total. The Hall–Kier alpha value is -2.28. The molecule has 2 N–H and O–H groups in total. The van der Waals surface area contributed by atoms with Crippen LogP contribution in [0.4, 0.5) is 5.82 Å². The van der Waals surface area contributed by atoms with Crippen molar-refractivity contribution >= 4 is 29.0 Å². The monoisotopic (exact) mass is 319 g/mol. The molecule has 0 spiro atoms. The second kappa shape index (κ2) is 6.23. The standard InChI is InChI=1S/C15H17N3O3S/c1-15(2,3)14(21)18-11-5-4-9(7-16-11)13-17-10(8-22-13)6-12(19)20/h4-5,7-8H,6H2,1-3H3,(H,19,20)(H,16,18,21). The first-order valence-corrected chi connectivity index (χ1v) is 7.58. The summed E-state index contributed by atoms with van der Waals surface area (Å²) in [6, 6.07) is 3.51. The van der Waals surface area contributed by atoms with Crippen LogP contribution >= 0.6 is 11.3 Å². The Morgan fingerprint density at radius 2 is 2.05 bits per heavy atom. The first kappa shape index (κ1) is 16.1. The third-order valence-corrected chi connectivity index (χ3v) is 3.76. The number of nitrogens with one attached hydrogen (secondary N) is 1. The Morgan fingerprint density at radius 1 is 1.32 bits per heavy atom. The summed E-state index contributed by atoms with van der Waals surface area (Å²) in [4.78, 5) is 31.0. The van der Waals surface area contributed by atoms with Crippen molar-refractivity contribution in [3.8, 4) is 10.6 Å². The molecule has 0 saturated heterocycles. The van der Waals surface area contributed by atoms with Crippen LogP contribution in [0, 0.1) is 5.41 Å². The van der Waals surface area contributed by atoms with Gasteiger partial charge >= 0.3 is 5.97 Å². The first-order chi connectivity index (χ1) is 10.3. The number of aromatic nitrogens is 2. The van der Waals surface area contributed by atoms with Crippen LogP contribution in [0.25, 0.3) is 10.6 Å². The second-order valence-electron chi connectivity index (χ2n) is 5.85. The molecule has 0 aliphatic carbocycles. The molecule has 0 unspecified atom stereocenters. The van der Waals surface area contributed by atoms with Gasteiger partial charge in [0.15, 0.2) is 0 Å². The van der Waals surface area contributed by atoms with E-state index in [9.17, 15) is 9.59 Å². The lowest BCUT2D eigenvalue weighted by Gasteiger charge is -2.17. The van der Waals surface area contributed by atoms with Crippen molar-refractivity contribution < 1.29 is 14.7 Å². The summed E-state index contributed by atoms with van der Waals surface area (Å²) in [7, 11) is 0. The van der Waals surface area contributed by atoms with Gasteiger partial charge in [0.25, 0.3) is 0 Å². The molecule has 0 bridgehead atoms. The Balaban J connectivity index is 2.10. The molecule has 0 aliphatic rings. The lowest BCUT2D eigenvalue weighted by atomic mass is 9.96. The first-order valence-electron chi connectivity index (χ1n) is 6.70. The van der Waals surface area contributed by atoms with Gasteiger partial charge in [-0.15, -0.1) is 11.3 Å². The van der Waals surface area contributed by atoms with E-state index in [0.717, 1.165) is 5.56 Å². The molecule has 7 heteroatoms. The minimum atomic E-state index is -0.907. The molecular weight excluding hydrogens is 302 g/mol. The van der Waals surface area contributed by atoms with Crippen molar-refractivity contribution in [2.24, 2.45) is 5.41 Å². The fourth-order valence-electron chi connectivity index (χ4n) is 1.57. The molecule has 0 fully saturated rings. The third kappa shape index (κ3) is 4.11. The minimum Gasteiger partial charge on any atom is -0.481 e. The smallest absolute Gasteiger partial charge is 0.309 e. The van der Waals surface area contributed by atoms with Crippen molar-refractivity contribution in [2.75, 3.05) is 5.32 Å². The van der Waals surface area contributed by atoms with Gasteiger partial charge < -0.3 is 10.4 Å². The highest BCUT2D eigenvalue weighted by Gasteiger charge is 2.21. The van der Waals surface area contributed by atoms with E-state index < -0.39 is 11.4 Å². The van der Waals surface area contributed by atoms with Crippen molar-refractivity contribution in [1.29, 1.82) is 0 Å². The van der Waals surface area contributed by atoms with Crippen LogP contribution in [-0.2, 0) is 16.0 Å². The van der Waals surface area contributed by atoms with Crippen LogP contribution in [0.2, 0.25) is 0 Å². The highest BCUT2D eigenvalue weighted by molar-refractivity contribution is 7.13. The van der Waals surface area contributed by atoms with Crippen molar-refractivity contribution in [3.63, 3.8) is 0 Å². The van der Waals surface area contributed by atoms with E-state index >= 15 is 0 Å². The number of carbonyl (C=O) groups is 2. The van der Waals surface area contributed by atoms with E-state index in [1.807, 2.05) is 20.8 Å². The lowest BCUT2D eigenvalue weighted by Crippen LogP contribution is -2.27. The maximum absolute atomic E-state index is 11.9. The summed E-state index contributed by atoms with van der Waals surface area (Å²) >= 11 is 1.37. The van der Waals surface area contributed by atoms with Gasteiger partial charge in [-0.2, -0.15) is 0 Å². The maximum atomic E-state index is 11.9. The van der Waals surface area contributed by atoms with Gasteiger partial charge in [-0.05, 0) is 12.1 Å². The number of anilines is 1. The van der Waals surface area contributed by atoms with Crippen molar-refractivity contribution in [1.82, 2.24) is 9.97 Å². The number of aliphatic carboxylic acids is 1. The SMILES string of the molecule is CC(C)(C)C(=O)Nc1ccc(-c2nc(CC(=O)O)cs2)cn1. The molecule has 1 amide bonds. The van der Waals surface area contributed by atoms with Gasteiger partial charge in [-0.1, -0.05) is 20.8 Å². The van der Waals surface area contributed by atoms with E-state index in [4.69, 9.17) is 5.11 Å².